The third kappa shape index (κ3) is 23.6. The van der Waals surface area contributed by atoms with Crippen LogP contribution >= 0.6 is 0 Å². The molecule has 0 amide bonds. The molecule has 15 heteroatoms. The van der Waals surface area contributed by atoms with Gasteiger partial charge in [-0.05, 0) is 121 Å². The Balaban J connectivity index is -0.000000896. The third-order valence-electron chi connectivity index (χ3n) is 10.7. The molecule has 0 aromatic heterocycles. The Bertz CT molecular complexity index is 1280. The number of unbranched alkanes of at least 4 members (excludes halogenated alkanes) is 1. The number of carbonyl (C=O) groups excluding carboxylic acids is 4. The number of carbonyl (C=O) groups is 6. The zero-order chi connectivity index (χ0) is 47.4. The lowest BCUT2D eigenvalue weighted by Gasteiger charge is -2.39. The van der Waals surface area contributed by atoms with Crippen molar-refractivity contribution >= 4 is 35.8 Å². The number of rotatable bonds is 29. The smallest absolute Gasteiger partial charge is 0.311 e. The molecule has 0 heterocycles. The molecule has 15 nitrogen and oxygen atoms in total. The van der Waals surface area contributed by atoms with Crippen LogP contribution in [0, 0.1) is 32.5 Å². The Labute approximate surface area is 361 Å². The largest absolute Gasteiger partial charge is 0.481 e. The molecule has 0 aromatic rings. The first-order valence-electron chi connectivity index (χ1n) is 21.4. The summed E-state index contributed by atoms with van der Waals surface area (Å²) in [5.74, 6) is -3.31. The summed E-state index contributed by atoms with van der Waals surface area (Å²) in [6.07, 6.45) is 3.91. The molecule has 0 aromatic carbocycles. The Morgan fingerprint density at radius 2 is 0.767 bits per heavy atom. The lowest BCUT2D eigenvalue weighted by Crippen LogP contribution is -2.44. The van der Waals surface area contributed by atoms with Crippen molar-refractivity contribution in [3.63, 3.8) is 0 Å². The van der Waals surface area contributed by atoms with Crippen molar-refractivity contribution in [3.05, 3.63) is 0 Å². The van der Waals surface area contributed by atoms with Crippen molar-refractivity contribution in [2.24, 2.45) is 32.5 Å². The summed E-state index contributed by atoms with van der Waals surface area (Å²) in [5, 5.41) is 18.7. The first kappa shape index (κ1) is 61.0. The highest BCUT2D eigenvalue weighted by Gasteiger charge is 2.49. The standard InChI is InChI=1S/C22H40O7.C14H26O5.C9H18O3/c1-8-11-12-28-18(25)21(6,9-2)16-22(7,15-20(4,5)17(23)24)19(26)29-14-13-27-10-3;1-6-14(5,10-13(3,4)11(15)16)12(17)19-9-8-18-7-2;1-5-9(2,3)8(10)12-7-6-11-4/h8-16H2,1-7H3,(H,23,24);6-10H2,1-5H3,(H,15,16);5-7H2,1-4H3. The van der Waals surface area contributed by atoms with E-state index >= 15 is 0 Å². The van der Waals surface area contributed by atoms with E-state index in [1.165, 1.54) is 0 Å². The summed E-state index contributed by atoms with van der Waals surface area (Å²) in [4.78, 5) is 72.0. The van der Waals surface area contributed by atoms with Gasteiger partial charge in [-0.1, -0.05) is 34.1 Å². The second-order valence-corrected chi connectivity index (χ2v) is 17.8. The van der Waals surface area contributed by atoms with Crippen molar-refractivity contribution < 1.29 is 72.1 Å². The van der Waals surface area contributed by atoms with Gasteiger partial charge < -0.3 is 43.4 Å². The third-order valence-corrected chi connectivity index (χ3v) is 10.7. The van der Waals surface area contributed by atoms with Crippen LogP contribution in [0.25, 0.3) is 0 Å². The van der Waals surface area contributed by atoms with E-state index in [4.69, 9.17) is 38.3 Å². The lowest BCUT2D eigenvalue weighted by molar-refractivity contribution is -0.168. The van der Waals surface area contributed by atoms with Gasteiger partial charge in [-0.2, -0.15) is 0 Å². The first-order valence-corrected chi connectivity index (χ1v) is 21.4. The molecule has 0 saturated carbocycles. The number of carboxylic acids is 2. The van der Waals surface area contributed by atoms with Crippen molar-refractivity contribution in [2.45, 2.75) is 155 Å². The molecular weight excluding hydrogens is 780 g/mol. The molecule has 0 rings (SSSR count). The number of ether oxygens (including phenoxy) is 7. The average molecular weight is 865 g/mol. The Morgan fingerprint density at radius 3 is 1.12 bits per heavy atom. The van der Waals surface area contributed by atoms with Crippen LogP contribution in [0.15, 0.2) is 0 Å². The van der Waals surface area contributed by atoms with Crippen LogP contribution in [0.5, 0.6) is 0 Å². The summed E-state index contributed by atoms with van der Waals surface area (Å²) < 4.78 is 36.0. The fourth-order valence-electron chi connectivity index (χ4n) is 5.92. The molecule has 354 valence electrons. The maximum atomic E-state index is 13.0. The zero-order valence-electron chi connectivity index (χ0n) is 40.2. The zero-order valence-corrected chi connectivity index (χ0v) is 40.2. The van der Waals surface area contributed by atoms with Crippen LogP contribution in [0.4, 0.5) is 0 Å². The highest BCUT2D eigenvalue weighted by atomic mass is 16.6. The quantitative estimate of drug-likeness (QED) is 0.0412. The van der Waals surface area contributed by atoms with Crippen molar-refractivity contribution in [1.82, 2.24) is 0 Å². The summed E-state index contributed by atoms with van der Waals surface area (Å²) in [6, 6.07) is 0. The van der Waals surface area contributed by atoms with E-state index in [9.17, 15) is 33.9 Å². The van der Waals surface area contributed by atoms with E-state index in [2.05, 4.69) is 0 Å². The Morgan fingerprint density at radius 1 is 0.417 bits per heavy atom. The van der Waals surface area contributed by atoms with Crippen LogP contribution in [0.2, 0.25) is 0 Å². The molecule has 0 aliphatic heterocycles. The minimum absolute atomic E-state index is 0.0423. The van der Waals surface area contributed by atoms with Crippen molar-refractivity contribution in [3.8, 4) is 0 Å². The highest BCUT2D eigenvalue weighted by Crippen LogP contribution is 2.45. The van der Waals surface area contributed by atoms with Crippen LogP contribution in [0.1, 0.15) is 155 Å². The van der Waals surface area contributed by atoms with Gasteiger partial charge in [0.1, 0.15) is 19.8 Å². The van der Waals surface area contributed by atoms with E-state index in [0.717, 1.165) is 19.3 Å². The maximum absolute atomic E-state index is 13.0. The summed E-state index contributed by atoms with van der Waals surface area (Å²) in [6.45, 7) is 29.9. The Hall–Kier alpha value is -3.30. The summed E-state index contributed by atoms with van der Waals surface area (Å²) in [7, 11) is 1.58. The second kappa shape index (κ2) is 29.9. The van der Waals surface area contributed by atoms with Crippen LogP contribution in [0.3, 0.4) is 0 Å². The van der Waals surface area contributed by atoms with Gasteiger partial charge >= 0.3 is 35.8 Å². The molecule has 0 radical (unpaired) electrons. The van der Waals surface area contributed by atoms with Gasteiger partial charge in [0, 0.05) is 20.3 Å². The molecule has 3 atom stereocenters. The molecule has 0 spiro atoms. The van der Waals surface area contributed by atoms with Gasteiger partial charge in [0.2, 0.25) is 0 Å². The minimum atomic E-state index is -1.16. The molecule has 0 bridgehead atoms. The number of carboxylic acid groups (broad SMARTS) is 2. The minimum Gasteiger partial charge on any atom is -0.481 e. The number of esters is 4. The molecule has 0 aliphatic rings. The number of hydrogen-bond donors (Lipinski definition) is 2. The summed E-state index contributed by atoms with van der Waals surface area (Å²) in [5.41, 5.74) is -5.35. The van der Waals surface area contributed by atoms with Crippen LogP contribution in [-0.2, 0) is 61.9 Å². The van der Waals surface area contributed by atoms with Gasteiger partial charge in [-0.25, -0.2) is 0 Å². The molecule has 0 aliphatic carbocycles. The molecule has 0 saturated heterocycles. The van der Waals surface area contributed by atoms with Crippen LogP contribution in [-0.4, -0.2) is 113 Å². The topological polar surface area (TPSA) is 207 Å². The molecular formula is C45H84O15. The predicted octanol–water partition coefficient (Wildman–Crippen LogP) is 8.32. The number of methoxy groups -OCH3 is 1. The first-order chi connectivity index (χ1) is 27.6. The fourth-order valence-corrected chi connectivity index (χ4v) is 5.92. The average Bonchev–Trinajstić information content (AvgIpc) is 3.17. The van der Waals surface area contributed by atoms with Gasteiger partial charge in [-0.3, -0.25) is 28.8 Å². The summed E-state index contributed by atoms with van der Waals surface area (Å²) >= 11 is 0. The Kier molecular flexibility index (Phi) is 30.4. The van der Waals surface area contributed by atoms with Gasteiger partial charge in [0.15, 0.2) is 0 Å². The fraction of sp³-hybridized carbons (Fsp3) is 0.867. The highest BCUT2D eigenvalue weighted by molar-refractivity contribution is 5.82. The molecule has 60 heavy (non-hydrogen) atoms. The molecule has 2 N–H and O–H groups in total. The van der Waals surface area contributed by atoms with Crippen LogP contribution < -0.4 is 0 Å². The SMILES string of the molecule is CCC(C)(C)C(=O)OCCOC.CCCCOC(=O)C(C)(CC)CC(C)(CC(C)(C)C(=O)O)C(=O)OCCOCC.CCOCCOC(=O)C(C)(CC)CC(C)(C)C(=O)O. The van der Waals surface area contributed by atoms with E-state index in [-0.39, 0.29) is 62.4 Å². The second-order valence-electron chi connectivity index (χ2n) is 17.8. The van der Waals surface area contributed by atoms with Gasteiger partial charge in [-0.15, -0.1) is 0 Å². The van der Waals surface area contributed by atoms with Gasteiger partial charge in [0.25, 0.3) is 0 Å². The normalized spacial score (nSPS) is 14.6. The maximum Gasteiger partial charge on any atom is 0.311 e. The van der Waals surface area contributed by atoms with Gasteiger partial charge in [0.05, 0.1) is 58.9 Å². The molecule has 0 fully saturated rings. The van der Waals surface area contributed by atoms with Crippen molar-refractivity contribution in [1.29, 1.82) is 0 Å². The molecule has 3 unspecified atom stereocenters. The predicted molar refractivity (Wildman–Crippen MR) is 229 cm³/mol. The van der Waals surface area contributed by atoms with E-state index in [0.29, 0.717) is 52.5 Å². The number of aliphatic carboxylic acids is 2. The monoisotopic (exact) mass is 865 g/mol. The van der Waals surface area contributed by atoms with E-state index < -0.39 is 45.0 Å². The van der Waals surface area contributed by atoms with E-state index in [1.807, 2.05) is 55.4 Å². The van der Waals surface area contributed by atoms with Crippen molar-refractivity contribution in [2.75, 3.05) is 66.6 Å². The van der Waals surface area contributed by atoms with E-state index in [1.54, 1.807) is 55.6 Å². The number of hydrogen-bond acceptors (Lipinski definition) is 13. The lowest BCUT2D eigenvalue weighted by atomic mass is 9.65.